The van der Waals surface area contributed by atoms with Crippen LogP contribution in [0.15, 0.2) is 24.3 Å². The average Bonchev–Trinajstić information content (AvgIpc) is 3.16. The summed E-state index contributed by atoms with van der Waals surface area (Å²) < 4.78 is 0. The van der Waals surface area contributed by atoms with E-state index in [2.05, 4.69) is 43.5 Å². The quantitative estimate of drug-likeness (QED) is 0.0315. The number of hydrogen-bond donors (Lipinski definition) is 5. The standard InChI is InChI=1S/C47H91NO5/c1-3-5-7-9-11-13-14-15-16-17-18-19-20-21-22-23-24-25-26-27-28-29-30-31-32-33-35-36-38-40-44(50)46(52)43(42-49)48-47(53)45(51)41-39-37-34-12-10-8-6-4-2/h29-30,33,35,43-46,49-52H,3-28,31-32,34,36-42H2,1-2H3,(H,48,53)/b30-29+,35-33+. The Bertz CT molecular complexity index is 802. The number of aliphatic hydroxyl groups excluding tert-OH is 4. The molecule has 0 spiro atoms. The third-order valence-corrected chi connectivity index (χ3v) is 10.9. The second-order valence-electron chi connectivity index (χ2n) is 16.1. The summed E-state index contributed by atoms with van der Waals surface area (Å²) in [7, 11) is 0. The molecule has 0 aliphatic rings. The summed E-state index contributed by atoms with van der Waals surface area (Å²) in [6.45, 7) is 4.00. The first-order valence-corrected chi connectivity index (χ1v) is 23.2. The van der Waals surface area contributed by atoms with Crippen molar-refractivity contribution in [2.75, 3.05) is 6.61 Å². The average molecular weight is 750 g/mol. The summed E-state index contributed by atoms with van der Waals surface area (Å²) in [5, 5.41) is 43.4. The van der Waals surface area contributed by atoms with Crippen molar-refractivity contribution in [2.24, 2.45) is 0 Å². The molecule has 1 amide bonds. The Morgan fingerprint density at radius 3 is 1.19 bits per heavy atom. The molecule has 53 heavy (non-hydrogen) atoms. The maximum Gasteiger partial charge on any atom is 0.249 e. The van der Waals surface area contributed by atoms with Crippen LogP contribution in [0.25, 0.3) is 0 Å². The van der Waals surface area contributed by atoms with E-state index in [0.717, 1.165) is 38.5 Å². The van der Waals surface area contributed by atoms with Crippen molar-refractivity contribution in [2.45, 2.75) is 263 Å². The summed E-state index contributed by atoms with van der Waals surface area (Å²) in [6.07, 6.45) is 48.3. The molecule has 0 saturated carbocycles. The van der Waals surface area contributed by atoms with Crippen LogP contribution < -0.4 is 5.32 Å². The van der Waals surface area contributed by atoms with E-state index in [1.807, 2.05) is 0 Å². The molecule has 6 nitrogen and oxygen atoms in total. The fourth-order valence-corrected chi connectivity index (χ4v) is 7.19. The Kier molecular flexibility index (Phi) is 41.0. The molecular weight excluding hydrogens is 659 g/mol. The zero-order chi connectivity index (χ0) is 38.9. The maximum absolute atomic E-state index is 12.4. The minimum absolute atomic E-state index is 0.360. The number of amides is 1. The molecule has 0 fully saturated rings. The molecule has 0 aromatic carbocycles. The first-order valence-electron chi connectivity index (χ1n) is 23.2. The van der Waals surface area contributed by atoms with Crippen molar-refractivity contribution in [3.8, 4) is 0 Å². The van der Waals surface area contributed by atoms with Gasteiger partial charge in [-0.3, -0.25) is 4.79 Å². The topological polar surface area (TPSA) is 110 Å². The minimum atomic E-state index is -1.29. The van der Waals surface area contributed by atoms with Gasteiger partial charge in [-0.25, -0.2) is 0 Å². The van der Waals surface area contributed by atoms with E-state index in [0.29, 0.717) is 19.3 Å². The van der Waals surface area contributed by atoms with E-state index >= 15 is 0 Å². The lowest BCUT2D eigenvalue weighted by molar-refractivity contribution is -0.132. The molecule has 4 unspecified atom stereocenters. The van der Waals surface area contributed by atoms with Gasteiger partial charge < -0.3 is 25.7 Å². The highest BCUT2D eigenvalue weighted by molar-refractivity contribution is 5.80. The number of aliphatic hydroxyl groups is 4. The van der Waals surface area contributed by atoms with Gasteiger partial charge in [0.2, 0.25) is 5.91 Å². The van der Waals surface area contributed by atoms with Gasteiger partial charge in [0.05, 0.1) is 18.8 Å². The van der Waals surface area contributed by atoms with Crippen molar-refractivity contribution < 1.29 is 25.2 Å². The summed E-state index contributed by atoms with van der Waals surface area (Å²) in [4.78, 5) is 12.4. The molecule has 0 aliphatic heterocycles. The molecule has 0 aliphatic carbocycles. The van der Waals surface area contributed by atoms with Gasteiger partial charge in [-0.05, 0) is 51.4 Å². The van der Waals surface area contributed by atoms with Gasteiger partial charge in [-0.1, -0.05) is 212 Å². The molecule has 0 aromatic heterocycles. The summed E-state index contributed by atoms with van der Waals surface area (Å²) in [5.41, 5.74) is 0. The van der Waals surface area contributed by atoms with Gasteiger partial charge in [-0.2, -0.15) is 0 Å². The van der Waals surface area contributed by atoms with Crippen LogP contribution in [0.1, 0.15) is 239 Å². The lowest BCUT2D eigenvalue weighted by Crippen LogP contribution is -2.53. The number of rotatable bonds is 42. The monoisotopic (exact) mass is 750 g/mol. The van der Waals surface area contributed by atoms with Crippen LogP contribution in [0, 0.1) is 0 Å². The van der Waals surface area contributed by atoms with Crippen molar-refractivity contribution in [3.05, 3.63) is 24.3 Å². The lowest BCUT2D eigenvalue weighted by atomic mass is 10.00. The van der Waals surface area contributed by atoms with Gasteiger partial charge in [0, 0.05) is 0 Å². The van der Waals surface area contributed by atoms with E-state index < -0.39 is 36.9 Å². The first kappa shape index (κ1) is 51.8. The van der Waals surface area contributed by atoms with Crippen molar-refractivity contribution >= 4 is 5.91 Å². The normalized spacial score (nSPS) is 14.3. The second-order valence-corrected chi connectivity index (χ2v) is 16.1. The SMILES string of the molecule is CCCCCCCCCCCCCCCCCCCCCC/C=C/CC/C=C/CCCC(O)C(O)C(CO)NC(=O)C(O)CCCCCCCCCC. The third kappa shape index (κ3) is 36.2. The largest absolute Gasteiger partial charge is 0.394 e. The van der Waals surface area contributed by atoms with E-state index in [-0.39, 0.29) is 0 Å². The molecule has 0 bridgehead atoms. The number of carbonyl (C=O) groups is 1. The van der Waals surface area contributed by atoms with Crippen LogP contribution in [0.5, 0.6) is 0 Å². The Labute approximate surface area is 329 Å². The number of allylic oxidation sites excluding steroid dienone is 4. The molecule has 0 aromatic rings. The fraction of sp³-hybridized carbons (Fsp3) is 0.894. The number of carbonyl (C=O) groups excluding carboxylic acids is 1. The van der Waals surface area contributed by atoms with Gasteiger partial charge in [0.1, 0.15) is 12.2 Å². The van der Waals surface area contributed by atoms with Crippen LogP contribution in [-0.4, -0.2) is 57.3 Å². The van der Waals surface area contributed by atoms with Crippen LogP contribution in [0.2, 0.25) is 0 Å². The van der Waals surface area contributed by atoms with E-state index in [1.54, 1.807) is 0 Å². The molecule has 5 N–H and O–H groups in total. The van der Waals surface area contributed by atoms with Crippen LogP contribution in [0.3, 0.4) is 0 Å². The molecule has 314 valence electrons. The highest BCUT2D eigenvalue weighted by Gasteiger charge is 2.28. The Morgan fingerprint density at radius 1 is 0.453 bits per heavy atom. The molecule has 6 heteroatoms. The van der Waals surface area contributed by atoms with Gasteiger partial charge in [-0.15, -0.1) is 0 Å². The smallest absolute Gasteiger partial charge is 0.249 e. The molecule has 4 atom stereocenters. The first-order chi connectivity index (χ1) is 26.0. The molecule has 0 heterocycles. The molecular formula is C47H91NO5. The predicted octanol–water partition coefficient (Wildman–Crippen LogP) is 12.4. The van der Waals surface area contributed by atoms with Crippen LogP contribution in [-0.2, 0) is 4.79 Å². The maximum atomic E-state index is 12.4. The summed E-state index contributed by atoms with van der Waals surface area (Å²) in [6, 6.07) is -1.00. The lowest BCUT2D eigenvalue weighted by Gasteiger charge is -2.27. The zero-order valence-corrected chi connectivity index (χ0v) is 35.3. The summed E-state index contributed by atoms with van der Waals surface area (Å²) in [5.74, 6) is -0.601. The van der Waals surface area contributed by atoms with Crippen molar-refractivity contribution in [1.29, 1.82) is 0 Å². The van der Waals surface area contributed by atoms with E-state index in [4.69, 9.17) is 0 Å². The highest BCUT2D eigenvalue weighted by atomic mass is 16.3. The number of unbranched alkanes of at least 4 members (excludes halogenated alkanes) is 29. The van der Waals surface area contributed by atoms with Crippen LogP contribution >= 0.6 is 0 Å². The Balaban J connectivity index is 3.64. The second kappa shape index (κ2) is 41.9. The van der Waals surface area contributed by atoms with E-state index in [9.17, 15) is 25.2 Å². The Morgan fingerprint density at radius 2 is 0.792 bits per heavy atom. The fourth-order valence-electron chi connectivity index (χ4n) is 7.19. The number of hydrogen-bond acceptors (Lipinski definition) is 5. The zero-order valence-electron chi connectivity index (χ0n) is 35.3. The number of nitrogens with one attached hydrogen (secondary N) is 1. The van der Waals surface area contributed by atoms with Crippen molar-refractivity contribution in [3.63, 3.8) is 0 Å². The van der Waals surface area contributed by atoms with Gasteiger partial charge >= 0.3 is 0 Å². The van der Waals surface area contributed by atoms with Gasteiger partial charge in [0.15, 0.2) is 0 Å². The highest BCUT2D eigenvalue weighted by Crippen LogP contribution is 2.16. The van der Waals surface area contributed by atoms with Crippen LogP contribution in [0.4, 0.5) is 0 Å². The Hall–Kier alpha value is -1.21. The van der Waals surface area contributed by atoms with Gasteiger partial charge in [0.25, 0.3) is 0 Å². The van der Waals surface area contributed by atoms with E-state index in [1.165, 1.54) is 167 Å². The molecule has 0 radical (unpaired) electrons. The molecule has 0 rings (SSSR count). The predicted molar refractivity (Wildman–Crippen MR) is 228 cm³/mol. The molecule has 0 saturated heterocycles. The third-order valence-electron chi connectivity index (χ3n) is 10.9. The minimum Gasteiger partial charge on any atom is -0.394 e. The summed E-state index contributed by atoms with van der Waals surface area (Å²) >= 11 is 0. The van der Waals surface area contributed by atoms with Crippen molar-refractivity contribution in [1.82, 2.24) is 5.32 Å².